The van der Waals surface area contributed by atoms with Crippen molar-refractivity contribution < 1.29 is 36.2 Å². The average molecular weight is 425 g/mol. The summed E-state index contributed by atoms with van der Waals surface area (Å²) < 4.78 is 68.7. The summed E-state index contributed by atoms with van der Waals surface area (Å²) in [6.07, 6.45) is -5.97. The number of furan rings is 1. The van der Waals surface area contributed by atoms with Gasteiger partial charge in [-0.15, -0.1) is 0 Å². The number of halogens is 4. The lowest BCUT2D eigenvalue weighted by Gasteiger charge is -2.18. The summed E-state index contributed by atoms with van der Waals surface area (Å²) in [7, 11) is 0. The van der Waals surface area contributed by atoms with E-state index in [4.69, 9.17) is 13.9 Å². The second kappa shape index (κ2) is 8.09. The molecule has 2 aromatic heterocycles. The molecule has 0 fully saturated rings. The summed E-state index contributed by atoms with van der Waals surface area (Å²) in [5.74, 6) is 0.498. The van der Waals surface area contributed by atoms with Crippen LogP contribution >= 0.6 is 0 Å². The van der Waals surface area contributed by atoms with Crippen molar-refractivity contribution in [1.29, 1.82) is 0 Å². The number of nitrogens with one attached hydrogen (secondary N) is 1. The van der Waals surface area contributed by atoms with Gasteiger partial charge in [0.15, 0.2) is 17.3 Å². The fraction of sp³-hybridized carbons (Fsp3) is 0.263. The van der Waals surface area contributed by atoms with Crippen LogP contribution in [0.25, 0.3) is 0 Å². The third-order valence-electron chi connectivity index (χ3n) is 4.27. The molecule has 30 heavy (non-hydrogen) atoms. The molecule has 1 N–H and O–H groups in total. The molecule has 0 unspecified atom stereocenters. The number of fused-ring (bicyclic) bond motifs is 1. The van der Waals surface area contributed by atoms with Gasteiger partial charge in [-0.25, -0.2) is 17.6 Å². The Morgan fingerprint density at radius 2 is 1.80 bits per heavy atom. The maximum absolute atomic E-state index is 13.1. The van der Waals surface area contributed by atoms with Crippen LogP contribution in [0.3, 0.4) is 0 Å². The van der Waals surface area contributed by atoms with Gasteiger partial charge in [0, 0.05) is 11.8 Å². The summed E-state index contributed by atoms with van der Waals surface area (Å²) in [5.41, 5.74) is -0.978. The maximum atomic E-state index is 13.1. The largest absolute Gasteiger partial charge is 0.486 e. The highest BCUT2D eigenvalue weighted by molar-refractivity contribution is 6.02. The molecule has 4 rings (SSSR count). The summed E-state index contributed by atoms with van der Waals surface area (Å²) >= 11 is 0. The molecular formula is C19H15F4N3O4. The molecule has 0 aliphatic carbocycles. The van der Waals surface area contributed by atoms with E-state index in [0.29, 0.717) is 36.5 Å². The summed E-state index contributed by atoms with van der Waals surface area (Å²) in [4.78, 5) is 12.4. The first kappa shape index (κ1) is 19.8. The van der Waals surface area contributed by atoms with Crippen molar-refractivity contribution in [1.82, 2.24) is 9.78 Å². The summed E-state index contributed by atoms with van der Waals surface area (Å²) in [5, 5.41) is 6.11. The van der Waals surface area contributed by atoms with Crippen molar-refractivity contribution in [3.05, 3.63) is 59.3 Å². The monoisotopic (exact) mass is 425 g/mol. The maximum Gasteiger partial charge on any atom is 0.291 e. The quantitative estimate of drug-likeness (QED) is 0.592. The highest BCUT2D eigenvalue weighted by Crippen LogP contribution is 2.33. The van der Waals surface area contributed by atoms with Crippen LogP contribution < -0.4 is 14.8 Å². The molecule has 3 aromatic rings. The number of alkyl halides is 4. The van der Waals surface area contributed by atoms with E-state index < -0.39 is 30.1 Å². The summed E-state index contributed by atoms with van der Waals surface area (Å²) in [6.45, 7) is 0.507. The Morgan fingerprint density at radius 3 is 2.53 bits per heavy atom. The van der Waals surface area contributed by atoms with Crippen LogP contribution in [0.5, 0.6) is 11.5 Å². The molecular weight excluding hydrogens is 410 g/mol. The fourth-order valence-electron chi connectivity index (χ4n) is 2.91. The van der Waals surface area contributed by atoms with Crippen LogP contribution in [0, 0.1) is 0 Å². The predicted molar refractivity (Wildman–Crippen MR) is 95.3 cm³/mol. The Balaban J connectivity index is 1.47. The molecule has 0 bridgehead atoms. The second-order valence-corrected chi connectivity index (χ2v) is 6.33. The van der Waals surface area contributed by atoms with Crippen LogP contribution in [0.4, 0.5) is 23.2 Å². The van der Waals surface area contributed by atoms with Gasteiger partial charge in [0.1, 0.15) is 30.4 Å². The van der Waals surface area contributed by atoms with Crippen molar-refractivity contribution in [2.45, 2.75) is 19.4 Å². The number of ether oxygens (including phenoxy) is 2. The number of rotatable bonds is 6. The first-order chi connectivity index (χ1) is 14.4. The van der Waals surface area contributed by atoms with E-state index in [-0.39, 0.29) is 18.1 Å². The number of anilines is 1. The molecule has 0 atom stereocenters. The lowest BCUT2D eigenvalue weighted by Crippen LogP contribution is -2.16. The third-order valence-corrected chi connectivity index (χ3v) is 4.27. The molecule has 158 valence electrons. The first-order valence-corrected chi connectivity index (χ1v) is 8.84. The second-order valence-electron chi connectivity index (χ2n) is 6.33. The predicted octanol–water partition coefficient (Wildman–Crippen LogP) is 4.42. The number of amides is 1. The Kier molecular flexibility index (Phi) is 5.34. The lowest BCUT2D eigenvalue weighted by molar-refractivity contribution is 0.0993. The Labute approximate surface area is 167 Å². The number of carbonyl (C=O) groups excluding carboxylic acids is 1. The SMILES string of the molecule is O=C(Nc1ccc2c(c1)OCCO2)c1ccc(Cn2nc(C(F)F)cc2C(F)F)o1. The smallest absolute Gasteiger partial charge is 0.291 e. The topological polar surface area (TPSA) is 78.5 Å². The van der Waals surface area contributed by atoms with E-state index in [1.165, 1.54) is 12.1 Å². The van der Waals surface area contributed by atoms with E-state index in [9.17, 15) is 22.4 Å². The van der Waals surface area contributed by atoms with Crippen LogP contribution in [0.1, 0.15) is 40.6 Å². The van der Waals surface area contributed by atoms with Crippen molar-refractivity contribution in [3.8, 4) is 11.5 Å². The molecule has 0 spiro atoms. The van der Waals surface area contributed by atoms with Gasteiger partial charge in [-0.05, 0) is 30.3 Å². The number of carbonyl (C=O) groups is 1. The molecule has 7 nitrogen and oxygen atoms in total. The molecule has 0 saturated carbocycles. The number of benzene rings is 1. The minimum Gasteiger partial charge on any atom is -0.486 e. The minimum atomic E-state index is -2.99. The van der Waals surface area contributed by atoms with Gasteiger partial charge in [-0.1, -0.05) is 0 Å². The van der Waals surface area contributed by atoms with Crippen LogP contribution in [-0.4, -0.2) is 28.9 Å². The van der Waals surface area contributed by atoms with E-state index in [2.05, 4.69) is 10.4 Å². The van der Waals surface area contributed by atoms with Crippen molar-refractivity contribution >= 4 is 11.6 Å². The van der Waals surface area contributed by atoms with Gasteiger partial charge >= 0.3 is 0 Å². The van der Waals surface area contributed by atoms with Gasteiger partial charge < -0.3 is 19.2 Å². The molecule has 1 amide bonds. The molecule has 11 heteroatoms. The number of hydrogen-bond donors (Lipinski definition) is 1. The van der Waals surface area contributed by atoms with Gasteiger partial charge in [-0.3, -0.25) is 9.48 Å². The van der Waals surface area contributed by atoms with E-state index >= 15 is 0 Å². The molecule has 0 saturated heterocycles. The zero-order valence-corrected chi connectivity index (χ0v) is 15.3. The van der Waals surface area contributed by atoms with Crippen LogP contribution in [-0.2, 0) is 6.54 Å². The zero-order valence-electron chi connectivity index (χ0n) is 15.3. The Morgan fingerprint density at radius 1 is 1.03 bits per heavy atom. The van der Waals surface area contributed by atoms with E-state index in [0.717, 1.165) is 4.68 Å². The average Bonchev–Trinajstić information content (AvgIpc) is 3.36. The molecule has 1 aliphatic rings. The van der Waals surface area contributed by atoms with Crippen LogP contribution in [0.15, 0.2) is 40.8 Å². The van der Waals surface area contributed by atoms with Crippen molar-refractivity contribution in [3.63, 3.8) is 0 Å². The molecule has 1 aromatic carbocycles. The Hall–Kier alpha value is -3.50. The van der Waals surface area contributed by atoms with Gasteiger partial charge in [-0.2, -0.15) is 5.10 Å². The molecule has 0 radical (unpaired) electrons. The number of nitrogens with zero attached hydrogens (tertiary/aromatic N) is 2. The standard InChI is InChI=1S/C19H15F4N3O4/c20-17(21)12-8-13(18(22)23)26(25-12)9-11-2-4-15(30-11)19(27)24-10-1-3-14-16(7-10)29-6-5-28-14/h1-4,7-8,17-18H,5-6,9H2,(H,24,27). The normalized spacial score (nSPS) is 13.1. The third kappa shape index (κ3) is 4.09. The van der Waals surface area contributed by atoms with Gasteiger partial charge in [0.25, 0.3) is 18.8 Å². The number of aromatic nitrogens is 2. The van der Waals surface area contributed by atoms with E-state index in [1.54, 1.807) is 18.2 Å². The minimum absolute atomic E-state index is 0.0836. The number of hydrogen-bond acceptors (Lipinski definition) is 5. The zero-order chi connectivity index (χ0) is 21.3. The van der Waals surface area contributed by atoms with Gasteiger partial charge in [0.2, 0.25) is 0 Å². The van der Waals surface area contributed by atoms with Crippen molar-refractivity contribution in [2.24, 2.45) is 0 Å². The van der Waals surface area contributed by atoms with Gasteiger partial charge in [0.05, 0.1) is 6.54 Å². The van der Waals surface area contributed by atoms with Crippen molar-refractivity contribution in [2.75, 3.05) is 18.5 Å². The fourth-order valence-corrected chi connectivity index (χ4v) is 2.91. The molecule has 1 aliphatic heterocycles. The molecule has 3 heterocycles. The Bertz CT molecular complexity index is 1060. The van der Waals surface area contributed by atoms with E-state index in [1.807, 2.05) is 0 Å². The van der Waals surface area contributed by atoms with Crippen LogP contribution in [0.2, 0.25) is 0 Å². The summed E-state index contributed by atoms with van der Waals surface area (Å²) in [6, 6.07) is 8.26. The highest BCUT2D eigenvalue weighted by Gasteiger charge is 2.22. The highest BCUT2D eigenvalue weighted by atomic mass is 19.3. The lowest BCUT2D eigenvalue weighted by atomic mass is 10.2. The first-order valence-electron chi connectivity index (χ1n) is 8.84.